The zero-order valence-electron chi connectivity index (χ0n) is 14.3. The van der Waals surface area contributed by atoms with Crippen LogP contribution in [0.2, 0.25) is 0 Å². The molecule has 1 atom stereocenters. The van der Waals surface area contributed by atoms with Gasteiger partial charge in [0.05, 0.1) is 17.6 Å². The Hall–Kier alpha value is -2.42. The summed E-state index contributed by atoms with van der Waals surface area (Å²) in [4.78, 5) is 38.9. The Morgan fingerprint density at radius 3 is 2.63 bits per heavy atom. The summed E-state index contributed by atoms with van der Waals surface area (Å²) in [5, 5.41) is 13.6. The normalized spacial score (nSPS) is 16.8. The van der Waals surface area contributed by atoms with E-state index in [1.54, 1.807) is 6.08 Å². The van der Waals surface area contributed by atoms with E-state index in [-0.39, 0.29) is 13.2 Å². The maximum atomic E-state index is 12.4. The molecule has 1 fully saturated rings. The van der Waals surface area contributed by atoms with Gasteiger partial charge in [-0.2, -0.15) is 0 Å². The minimum absolute atomic E-state index is 0.235. The highest BCUT2D eigenvalue weighted by Gasteiger charge is 2.36. The number of thioether (sulfide) groups is 1. The fourth-order valence-corrected chi connectivity index (χ4v) is 4.18. The fourth-order valence-electron chi connectivity index (χ4n) is 2.62. The van der Waals surface area contributed by atoms with E-state index in [0.29, 0.717) is 11.3 Å². The smallest absolute Gasteiger partial charge is 0.294 e. The second-order valence-electron chi connectivity index (χ2n) is 5.92. The Morgan fingerprint density at radius 1 is 1.19 bits per heavy atom. The second-order valence-corrected chi connectivity index (χ2v) is 7.89. The van der Waals surface area contributed by atoms with Gasteiger partial charge in [0.2, 0.25) is 5.91 Å². The van der Waals surface area contributed by atoms with Gasteiger partial charge >= 0.3 is 0 Å². The molecule has 2 aromatic rings. The van der Waals surface area contributed by atoms with Gasteiger partial charge in [-0.1, -0.05) is 36.4 Å². The quantitative estimate of drug-likeness (QED) is 0.695. The molecule has 0 spiro atoms. The van der Waals surface area contributed by atoms with Crippen molar-refractivity contribution in [3.63, 3.8) is 0 Å². The van der Waals surface area contributed by atoms with Crippen LogP contribution in [0.4, 0.5) is 4.79 Å². The predicted octanol–water partition coefficient (Wildman–Crippen LogP) is 2.50. The molecule has 1 aliphatic heterocycles. The van der Waals surface area contributed by atoms with Gasteiger partial charge in [-0.3, -0.25) is 19.3 Å². The number of carbonyl (C=O) groups excluding carboxylic acids is 3. The number of hydrogen-bond donors (Lipinski definition) is 2. The first-order valence-corrected chi connectivity index (χ1v) is 9.99. The number of carbonyl (C=O) groups is 3. The first-order chi connectivity index (χ1) is 13.1. The summed E-state index contributed by atoms with van der Waals surface area (Å²) >= 11 is 2.29. The molecular formula is C19H18N2O4S2. The van der Waals surface area contributed by atoms with Crippen molar-refractivity contribution in [3.05, 3.63) is 63.2 Å². The standard InChI is InChI=1S/C19H18N2O4S2/c22-12-14(9-13-5-2-1-3-6-13)20-17(23)11-21-18(24)16(27-19(21)25)10-15-7-4-8-26-15/h1-8,10,14,22H,9,11-12H2,(H,20,23)/b16-10-. The van der Waals surface area contributed by atoms with E-state index < -0.39 is 23.1 Å². The molecule has 6 nitrogen and oxygen atoms in total. The average molecular weight is 402 g/mol. The molecule has 1 unspecified atom stereocenters. The van der Waals surface area contributed by atoms with Crippen LogP contribution in [0, 0.1) is 0 Å². The Kier molecular flexibility index (Phi) is 6.44. The molecule has 0 bridgehead atoms. The third-order valence-electron chi connectivity index (χ3n) is 3.90. The van der Waals surface area contributed by atoms with E-state index in [1.807, 2.05) is 47.8 Å². The minimum atomic E-state index is -0.485. The van der Waals surface area contributed by atoms with E-state index in [2.05, 4.69) is 5.32 Å². The number of hydrogen-bond acceptors (Lipinski definition) is 6. The van der Waals surface area contributed by atoms with Crippen molar-refractivity contribution in [2.24, 2.45) is 0 Å². The zero-order valence-corrected chi connectivity index (χ0v) is 16.0. The highest BCUT2D eigenvalue weighted by Crippen LogP contribution is 2.32. The van der Waals surface area contributed by atoms with Crippen LogP contribution in [0.25, 0.3) is 6.08 Å². The molecule has 1 aromatic carbocycles. The average Bonchev–Trinajstić information content (AvgIpc) is 3.26. The van der Waals surface area contributed by atoms with Crippen LogP contribution >= 0.6 is 23.1 Å². The molecule has 0 saturated carbocycles. The number of benzene rings is 1. The van der Waals surface area contributed by atoms with E-state index in [1.165, 1.54) is 11.3 Å². The largest absolute Gasteiger partial charge is 0.394 e. The zero-order chi connectivity index (χ0) is 19.2. The summed E-state index contributed by atoms with van der Waals surface area (Å²) < 4.78 is 0. The summed E-state index contributed by atoms with van der Waals surface area (Å²) in [6, 6.07) is 12.7. The fraction of sp³-hybridized carbons (Fsp3) is 0.211. The number of rotatable bonds is 7. The van der Waals surface area contributed by atoms with Crippen LogP contribution in [0.3, 0.4) is 0 Å². The number of thiophene rings is 1. The molecule has 3 amide bonds. The predicted molar refractivity (Wildman–Crippen MR) is 106 cm³/mol. The SMILES string of the molecule is O=C(CN1C(=O)S/C(=C\c2cccs2)C1=O)NC(CO)Cc1ccccc1. The molecule has 1 aromatic heterocycles. The molecule has 1 aliphatic rings. The summed E-state index contributed by atoms with van der Waals surface area (Å²) in [6.45, 7) is -0.599. The van der Waals surface area contributed by atoms with Crippen molar-refractivity contribution in [2.75, 3.05) is 13.2 Å². The summed E-state index contributed by atoms with van der Waals surface area (Å²) in [5.41, 5.74) is 0.974. The maximum Gasteiger partial charge on any atom is 0.294 e. The number of imide groups is 1. The topological polar surface area (TPSA) is 86.7 Å². The lowest BCUT2D eigenvalue weighted by Gasteiger charge is -2.18. The van der Waals surface area contributed by atoms with Crippen molar-refractivity contribution < 1.29 is 19.5 Å². The summed E-state index contributed by atoms with van der Waals surface area (Å²) in [6.07, 6.45) is 2.11. The van der Waals surface area contributed by atoms with Gasteiger partial charge in [0.1, 0.15) is 6.54 Å². The number of nitrogens with one attached hydrogen (secondary N) is 1. The maximum absolute atomic E-state index is 12.4. The van der Waals surface area contributed by atoms with Gasteiger partial charge in [0.25, 0.3) is 11.1 Å². The van der Waals surface area contributed by atoms with Crippen LogP contribution < -0.4 is 5.32 Å². The van der Waals surface area contributed by atoms with Gasteiger partial charge in [-0.15, -0.1) is 11.3 Å². The van der Waals surface area contributed by atoms with Gasteiger partial charge < -0.3 is 10.4 Å². The van der Waals surface area contributed by atoms with Crippen molar-refractivity contribution in [1.82, 2.24) is 10.2 Å². The second kappa shape index (κ2) is 8.98. The third kappa shape index (κ3) is 5.06. The Bertz CT molecular complexity index is 850. The Morgan fingerprint density at radius 2 is 1.96 bits per heavy atom. The molecule has 0 radical (unpaired) electrons. The van der Waals surface area contributed by atoms with E-state index in [0.717, 1.165) is 27.1 Å². The lowest BCUT2D eigenvalue weighted by atomic mass is 10.1. The minimum Gasteiger partial charge on any atom is -0.394 e. The molecule has 3 rings (SSSR count). The van der Waals surface area contributed by atoms with Crippen molar-refractivity contribution in [2.45, 2.75) is 12.5 Å². The van der Waals surface area contributed by atoms with Crippen LogP contribution in [0.1, 0.15) is 10.4 Å². The van der Waals surface area contributed by atoms with Crippen molar-refractivity contribution in [3.8, 4) is 0 Å². The van der Waals surface area contributed by atoms with Crippen LogP contribution in [-0.4, -0.2) is 46.3 Å². The van der Waals surface area contributed by atoms with E-state index in [4.69, 9.17) is 0 Å². The molecule has 1 saturated heterocycles. The third-order valence-corrected chi connectivity index (χ3v) is 5.63. The number of nitrogens with zero attached hydrogens (tertiary/aromatic N) is 1. The molecule has 27 heavy (non-hydrogen) atoms. The van der Waals surface area contributed by atoms with Crippen LogP contribution in [0.5, 0.6) is 0 Å². The number of amides is 3. The van der Waals surface area contributed by atoms with Crippen molar-refractivity contribution in [1.29, 1.82) is 0 Å². The molecule has 2 heterocycles. The van der Waals surface area contributed by atoms with Gasteiger partial charge in [-0.25, -0.2) is 0 Å². The van der Waals surface area contributed by atoms with Gasteiger partial charge in [-0.05, 0) is 41.3 Å². The molecular weight excluding hydrogens is 384 g/mol. The molecule has 8 heteroatoms. The highest BCUT2D eigenvalue weighted by molar-refractivity contribution is 8.18. The lowest BCUT2D eigenvalue weighted by molar-refractivity contribution is -0.129. The molecule has 0 aliphatic carbocycles. The monoisotopic (exact) mass is 402 g/mol. The van der Waals surface area contributed by atoms with Gasteiger partial charge in [0.15, 0.2) is 0 Å². The van der Waals surface area contributed by atoms with E-state index >= 15 is 0 Å². The Labute approximate surface area is 164 Å². The van der Waals surface area contributed by atoms with Crippen molar-refractivity contribution >= 4 is 46.2 Å². The summed E-state index contributed by atoms with van der Waals surface area (Å²) in [5.74, 6) is -0.957. The molecule has 140 valence electrons. The van der Waals surface area contributed by atoms with E-state index in [9.17, 15) is 19.5 Å². The number of aliphatic hydroxyl groups is 1. The first kappa shape index (κ1) is 19.3. The Balaban J connectivity index is 1.59. The first-order valence-electron chi connectivity index (χ1n) is 8.30. The number of aliphatic hydroxyl groups excluding tert-OH is 1. The van der Waals surface area contributed by atoms with Gasteiger partial charge in [0, 0.05) is 4.88 Å². The lowest BCUT2D eigenvalue weighted by Crippen LogP contribution is -2.45. The highest BCUT2D eigenvalue weighted by atomic mass is 32.2. The molecule has 2 N–H and O–H groups in total. The van der Waals surface area contributed by atoms with Crippen LogP contribution in [-0.2, 0) is 16.0 Å². The summed E-state index contributed by atoms with van der Waals surface area (Å²) in [7, 11) is 0. The van der Waals surface area contributed by atoms with Crippen LogP contribution in [0.15, 0.2) is 52.7 Å².